The van der Waals surface area contributed by atoms with Gasteiger partial charge in [-0.1, -0.05) is 36.4 Å². The van der Waals surface area contributed by atoms with Gasteiger partial charge in [0.15, 0.2) is 0 Å². The van der Waals surface area contributed by atoms with Gasteiger partial charge in [0.1, 0.15) is 0 Å². The minimum absolute atomic E-state index is 1.07. The summed E-state index contributed by atoms with van der Waals surface area (Å²) in [6.07, 6.45) is 0. The van der Waals surface area contributed by atoms with Gasteiger partial charge in [-0.15, -0.1) is 22.7 Å². The van der Waals surface area contributed by atoms with Crippen LogP contribution in [0.4, 0.5) is 0 Å². The highest BCUT2D eigenvalue weighted by Crippen LogP contribution is 2.42. The number of aromatic nitrogens is 2. The first-order chi connectivity index (χ1) is 12.4. The first kappa shape index (κ1) is 13.6. The van der Waals surface area contributed by atoms with E-state index in [2.05, 4.69) is 76.3 Å². The molecule has 3 aromatic heterocycles. The molecule has 0 fully saturated rings. The smallest absolute Gasteiger partial charge is 0.0813 e. The Morgan fingerprint density at radius 2 is 1.64 bits per heavy atom. The van der Waals surface area contributed by atoms with Crippen molar-refractivity contribution in [2.75, 3.05) is 0 Å². The summed E-state index contributed by atoms with van der Waals surface area (Å²) in [5, 5.41) is 2.64. The molecule has 0 radical (unpaired) electrons. The molecule has 0 aliphatic rings. The average Bonchev–Trinajstić information content (AvgIpc) is 3.33. The second kappa shape index (κ2) is 4.91. The molecule has 0 aliphatic heterocycles. The summed E-state index contributed by atoms with van der Waals surface area (Å²) in [5.41, 5.74) is 6.75. The SMILES string of the molecule is c1ccc2c(c1)sc1c3ccccc3n(-c3ccc4ncsc4c3)c21. The molecule has 0 unspecified atom stereocenters. The Kier molecular flexibility index (Phi) is 2.67. The van der Waals surface area contributed by atoms with Gasteiger partial charge in [0.25, 0.3) is 0 Å². The van der Waals surface area contributed by atoms with Gasteiger partial charge >= 0.3 is 0 Å². The molecule has 3 aromatic carbocycles. The molecule has 0 bridgehead atoms. The number of hydrogen-bond acceptors (Lipinski definition) is 3. The zero-order chi connectivity index (χ0) is 16.4. The molecule has 0 saturated heterocycles. The van der Waals surface area contributed by atoms with Crippen molar-refractivity contribution >= 4 is 64.1 Å². The quantitative estimate of drug-likeness (QED) is 0.324. The Morgan fingerprint density at radius 3 is 2.60 bits per heavy atom. The number of nitrogens with zero attached hydrogens (tertiary/aromatic N) is 2. The summed E-state index contributed by atoms with van der Waals surface area (Å²) in [6.45, 7) is 0. The third kappa shape index (κ3) is 1.81. The van der Waals surface area contributed by atoms with Crippen LogP contribution in [-0.2, 0) is 0 Å². The van der Waals surface area contributed by atoms with Crippen molar-refractivity contribution in [1.82, 2.24) is 9.55 Å². The second-order valence-corrected chi connectivity index (χ2v) is 8.07. The van der Waals surface area contributed by atoms with E-state index in [9.17, 15) is 0 Å². The summed E-state index contributed by atoms with van der Waals surface area (Å²) < 4.78 is 6.33. The Balaban J connectivity index is 1.85. The number of para-hydroxylation sites is 1. The van der Waals surface area contributed by atoms with Crippen molar-refractivity contribution in [3.8, 4) is 5.69 Å². The van der Waals surface area contributed by atoms with Crippen molar-refractivity contribution < 1.29 is 0 Å². The topological polar surface area (TPSA) is 17.8 Å². The van der Waals surface area contributed by atoms with E-state index in [1.54, 1.807) is 11.3 Å². The number of benzene rings is 3. The zero-order valence-electron chi connectivity index (χ0n) is 13.1. The number of thiophene rings is 1. The van der Waals surface area contributed by atoms with E-state index in [-0.39, 0.29) is 0 Å². The van der Waals surface area contributed by atoms with Crippen LogP contribution >= 0.6 is 22.7 Å². The fourth-order valence-electron chi connectivity index (χ4n) is 3.67. The lowest BCUT2D eigenvalue weighted by atomic mass is 10.2. The van der Waals surface area contributed by atoms with E-state index >= 15 is 0 Å². The van der Waals surface area contributed by atoms with Crippen LogP contribution in [0.5, 0.6) is 0 Å². The van der Waals surface area contributed by atoms with Gasteiger partial charge in [0, 0.05) is 21.2 Å². The van der Waals surface area contributed by atoms with Crippen LogP contribution in [0, 0.1) is 0 Å². The molecular weight excluding hydrogens is 344 g/mol. The number of fused-ring (bicyclic) bond motifs is 6. The highest BCUT2D eigenvalue weighted by atomic mass is 32.1. The molecule has 25 heavy (non-hydrogen) atoms. The maximum atomic E-state index is 4.42. The Bertz CT molecular complexity index is 1400. The van der Waals surface area contributed by atoms with E-state index < -0.39 is 0 Å². The van der Waals surface area contributed by atoms with Crippen molar-refractivity contribution in [2.24, 2.45) is 0 Å². The lowest BCUT2D eigenvalue weighted by molar-refractivity contribution is 1.19. The third-order valence-corrected chi connectivity index (χ3v) is 6.74. The first-order valence-corrected chi connectivity index (χ1v) is 9.84. The van der Waals surface area contributed by atoms with Crippen molar-refractivity contribution in [2.45, 2.75) is 0 Å². The number of hydrogen-bond donors (Lipinski definition) is 0. The molecular formula is C21H12N2S2. The maximum Gasteiger partial charge on any atom is 0.0813 e. The van der Waals surface area contributed by atoms with Gasteiger partial charge in [0.05, 0.1) is 31.5 Å². The largest absolute Gasteiger partial charge is 0.308 e. The average molecular weight is 356 g/mol. The molecule has 6 aromatic rings. The summed E-state index contributed by atoms with van der Waals surface area (Å²) in [4.78, 5) is 4.42. The molecule has 118 valence electrons. The Labute approximate surface area is 151 Å². The fourth-order valence-corrected chi connectivity index (χ4v) is 5.60. The molecule has 0 saturated carbocycles. The normalized spacial score (nSPS) is 12.0. The van der Waals surface area contributed by atoms with Gasteiger partial charge in [-0.25, -0.2) is 4.98 Å². The Hall–Kier alpha value is -2.69. The first-order valence-electron chi connectivity index (χ1n) is 8.14. The highest BCUT2D eigenvalue weighted by Gasteiger charge is 2.17. The number of rotatable bonds is 1. The van der Waals surface area contributed by atoms with Gasteiger partial charge in [-0.3, -0.25) is 0 Å². The lowest BCUT2D eigenvalue weighted by Crippen LogP contribution is -1.93. The minimum Gasteiger partial charge on any atom is -0.308 e. The summed E-state index contributed by atoms with van der Waals surface area (Å²) in [6, 6.07) is 23.9. The van der Waals surface area contributed by atoms with Crippen molar-refractivity contribution in [3.63, 3.8) is 0 Å². The monoisotopic (exact) mass is 356 g/mol. The van der Waals surface area contributed by atoms with Crippen LogP contribution in [0.3, 0.4) is 0 Å². The van der Waals surface area contributed by atoms with E-state index in [1.165, 1.54) is 41.6 Å². The van der Waals surface area contributed by atoms with Gasteiger partial charge in [-0.05, 0) is 30.3 Å². The molecule has 0 atom stereocenters. The highest BCUT2D eigenvalue weighted by molar-refractivity contribution is 7.26. The predicted molar refractivity (Wildman–Crippen MR) is 109 cm³/mol. The van der Waals surface area contributed by atoms with Crippen LogP contribution in [0.25, 0.3) is 47.1 Å². The predicted octanol–water partition coefficient (Wildman–Crippen LogP) is 6.61. The van der Waals surface area contributed by atoms with E-state index in [0.717, 1.165) is 5.52 Å². The van der Waals surface area contributed by atoms with Crippen LogP contribution in [-0.4, -0.2) is 9.55 Å². The summed E-state index contributed by atoms with van der Waals surface area (Å²) >= 11 is 3.57. The molecule has 0 aliphatic carbocycles. The lowest BCUT2D eigenvalue weighted by Gasteiger charge is -2.08. The minimum atomic E-state index is 1.07. The van der Waals surface area contributed by atoms with E-state index in [1.807, 2.05) is 16.8 Å². The molecule has 0 amide bonds. The number of thiazole rings is 1. The third-order valence-electron chi connectivity index (χ3n) is 4.76. The van der Waals surface area contributed by atoms with E-state index in [4.69, 9.17) is 0 Å². The molecule has 4 heteroatoms. The van der Waals surface area contributed by atoms with Gasteiger partial charge in [0.2, 0.25) is 0 Å². The van der Waals surface area contributed by atoms with Crippen molar-refractivity contribution in [1.29, 1.82) is 0 Å². The van der Waals surface area contributed by atoms with E-state index in [0.29, 0.717) is 0 Å². The molecule has 0 N–H and O–H groups in total. The fraction of sp³-hybridized carbons (Fsp3) is 0. The Morgan fingerprint density at radius 1 is 0.800 bits per heavy atom. The standard InChI is InChI=1S/C21H12N2S2/c1-3-7-17-14(5-1)21-20(15-6-2-4-8-18(15)25-21)23(17)13-9-10-16-19(11-13)24-12-22-16/h1-12H. The molecule has 6 rings (SSSR count). The second-order valence-electron chi connectivity index (χ2n) is 6.13. The summed E-state index contributed by atoms with van der Waals surface area (Å²) in [5.74, 6) is 0. The zero-order valence-corrected chi connectivity index (χ0v) is 14.8. The van der Waals surface area contributed by atoms with Crippen LogP contribution in [0.15, 0.2) is 72.2 Å². The van der Waals surface area contributed by atoms with Crippen LogP contribution < -0.4 is 0 Å². The van der Waals surface area contributed by atoms with Gasteiger partial charge in [-0.2, -0.15) is 0 Å². The molecule has 2 nitrogen and oxygen atoms in total. The van der Waals surface area contributed by atoms with Crippen LogP contribution in [0.2, 0.25) is 0 Å². The van der Waals surface area contributed by atoms with Crippen molar-refractivity contribution in [3.05, 3.63) is 72.2 Å². The maximum absolute atomic E-state index is 4.42. The molecule has 3 heterocycles. The van der Waals surface area contributed by atoms with Gasteiger partial charge < -0.3 is 4.57 Å². The summed E-state index contributed by atoms with van der Waals surface area (Å²) in [7, 11) is 0. The van der Waals surface area contributed by atoms with Crippen LogP contribution in [0.1, 0.15) is 0 Å². The molecule has 0 spiro atoms.